The number of amides is 2. The van der Waals surface area contributed by atoms with Gasteiger partial charge in [-0.05, 0) is 37.1 Å². The van der Waals surface area contributed by atoms with Crippen molar-refractivity contribution in [2.75, 3.05) is 18.4 Å². The van der Waals surface area contributed by atoms with E-state index in [1.54, 1.807) is 6.07 Å². The maximum Gasteiger partial charge on any atom is 0.267 e. The third-order valence-electron chi connectivity index (χ3n) is 4.49. The van der Waals surface area contributed by atoms with E-state index in [9.17, 15) is 9.59 Å². The number of rotatable bonds is 5. The molecule has 2 amide bonds. The van der Waals surface area contributed by atoms with Crippen LogP contribution in [0.1, 0.15) is 35.1 Å². The Morgan fingerprint density at radius 3 is 2.80 bits per heavy atom. The maximum atomic E-state index is 12.4. The number of nitrogens with two attached hydrogens (primary N) is 1. The first-order valence-corrected chi connectivity index (χ1v) is 10.1. The quantitative estimate of drug-likeness (QED) is 0.837. The summed E-state index contributed by atoms with van der Waals surface area (Å²) >= 11 is 2.73. The van der Waals surface area contributed by atoms with E-state index >= 15 is 0 Å². The minimum atomic E-state index is -0.166. The molecule has 0 bridgehead atoms. The van der Waals surface area contributed by atoms with E-state index in [0.29, 0.717) is 21.6 Å². The average molecular weight is 379 g/mol. The number of likely N-dealkylation sites (tertiary alicyclic amines) is 1. The average Bonchev–Trinajstić information content (AvgIpc) is 3.27. The molecule has 134 valence electrons. The van der Waals surface area contributed by atoms with Gasteiger partial charge in [-0.2, -0.15) is 0 Å². The molecule has 1 saturated heterocycles. The van der Waals surface area contributed by atoms with E-state index in [1.165, 1.54) is 22.7 Å². The lowest BCUT2D eigenvalue weighted by molar-refractivity contribution is -0.132. The van der Waals surface area contributed by atoms with Gasteiger partial charge in [-0.15, -0.1) is 22.7 Å². The molecule has 0 spiro atoms. The number of aromatic nitrogens is 1. The van der Waals surface area contributed by atoms with Gasteiger partial charge in [-0.3, -0.25) is 14.9 Å². The molecule has 1 fully saturated rings. The minimum absolute atomic E-state index is 0.0876. The molecular weight excluding hydrogens is 356 g/mol. The van der Waals surface area contributed by atoms with E-state index in [-0.39, 0.29) is 24.3 Å². The molecule has 1 unspecified atom stereocenters. The zero-order valence-electron chi connectivity index (χ0n) is 14.1. The lowest BCUT2D eigenvalue weighted by Gasteiger charge is -2.33. The van der Waals surface area contributed by atoms with Crippen molar-refractivity contribution in [2.45, 2.75) is 32.2 Å². The van der Waals surface area contributed by atoms with Gasteiger partial charge in [-0.1, -0.05) is 6.07 Å². The highest BCUT2D eigenvalue weighted by atomic mass is 32.1. The molecule has 1 aliphatic heterocycles. The van der Waals surface area contributed by atoms with Gasteiger partial charge in [0.05, 0.1) is 17.0 Å². The fourth-order valence-corrected chi connectivity index (χ4v) is 4.28. The number of piperidine rings is 1. The summed E-state index contributed by atoms with van der Waals surface area (Å²) in [6.07, 6.45) is 2.19. The number of carbonyl (C=O) groups is 2. The fraction of sp³-hybridized carbons (Fsp3) is 0.471. The summed E-state index contributed by atoms with van der Waals surface area (Å²) in [7, 11) is 0. The lowest BCUT2D eigenvalue weighted by Crippen LogP contribution is -2.43. The molecule has 2 aromatic rings. The predicted molar refractivity (Wildman–Crippen MR) is 101 cm³/mol. The highest BCUT2D eigenvalue weighted by molar-refractivity contribution is 7.14. The Morgan fingerprint density at radius 1 is 1.40 bits per heavy atom. The van der Waals surface area contributed by atoms with Gasteiger partial charge in [-0.25, -0.2) is 4.98 Å². The molecule has 2 aromatic heterocycles. The molecule has 25 heavy (non-hydrogen) atoms. The summed E-state index contributed by atoms with van der Waals surface area (Å²) in [4.78, 5) is 31.4. The van der Waals surface area contributed by atoms with Gasteiger partial charge < -0.3 is 10.6 Å². The Morgan fingerprint density at radius 2 is 2.16 bits per heavy atom. The van der Waals surface area contributed by atoms with Crippen LogP contribution in [0.2, 0.25) is 0 Å². The van der Waals surface area contributed by atoms with Crippen LogP contribution in [0.4, 0.5) is 5.13 Å². The van der Waals surface area contributed by atoms with Crippen LogP contribution in [0, 0.1) is 5.92 Å². The lowest BCUT2D eigenvalue weighted by atomic mass is 9.91. The summed E-state index contributed by atoms with van der Waals surface area (Å²) < 4.78 is 0. The summed E-state index contributed by atoms with van der Waals surface area (Å²) in [5.41, 5.74) is 6.64. The van der Waals surface area contributed by atoms with Crippen molar-refractivity contribution in [2.24, 2.45) is 11.7 Å². The van der Waals surface area contributed by atoms with Gasteiger partial charge in [0.25, 0.3) is 5.91 Å². The summed E-state index contributed by atoms with van der Waals surface area (Å²) in [5.74, 6) is 0.423. The van der Waals surface area contributed by atoms with Gasteiger partial charge in [0.2, 0.25) is 5.91 Å². The van der Waals surface area contributed by atoms with E-state index in [0.717, 1.165) is 25.9 Å². The van der Waals surface area contributed by atoms with E-state index in [1.807, 2.05) is 28.7 Å². The van der Waals surface area contributed by atoms with Crippen molar-refractivity contribution in [3.05, 3.63) is 33.5 Å². The number of thiazole rings is 1. The number of anilines is 1. The second-order valence-corrected chi connectivity index (χ2v) is 8.14. The number of hydrogen-bond acceptors (Lipinski definition) is 6. The number of thiophene rings is 1. The SMILES string of the molecule is CC(N)C1CCN(C(=O)Cc2csc(NC(=O)c3cccs3)n2)CC1. The smallest absolute Gasteiger partial charge is 0.267 e. The Kier molecular flexibility index (Phi) is 5.82. The number of hydrogen-bond donors (Lipinski definition) is 2. The molecule has 0 saturated carbocycles. The summed E-state index contributed by atoms with van der Waals surface area (Å²) in [5, 5.41) is 6.99. The van der Waals surface area contributed by atoms with Gasteiger partial charge in [0.15, 0.2) is 5.13 Å². The van der Waals surface area contributed by atoms with Gasteiger partial charge in [0.1, 0.15) is 0 Å². The topological polar surface area (TPSA) is 88.3 Å². The standard InChI is InChI=1S/C17H22N4O2S2/c1-11(18)12-4-6-21(7-5-12)15(22)9-13-10-25-17(19-13)20-16(23)14-3-2-8-24-14/h2-3,8,10-12H,4-7,9,18H2,1H3,(H,19,20,23). The van der Waals surface area contributed by atoms with E-state index in [4.69, 9.17) is 5.73 Å². The molecule has 6 nitrogen and oxygen atoms in total. The van der Waals surface area contributed by atoms with Crippen LogP contribution in [-0.4, -0.2) is 40.8 Å². The molecule has 1 atom stereocenters. The Labute approximate surface area is 155 Å². The normalized spacial score (nSPS) is 16.6. The zero-order valence-corrected chi connectivity index (χ0v) is 15.7. The van der Waals surface area contributed by atoms with Gasteiger partial charge >= 0.3 is 0 Å². The van der Waals surface area contributed by atoms with Crippen LogP contribution >= 0.6 is 22.7 Å². The Balaban J connectivity index is 1.51. The van der Waals surface area contributed by atoms with Crippen LogP contribution in [-0.2, 0) is 11.2 Å². The van der Waals surface area contributed by atoms with Crippen molar-refractivity contribution < 1.29 is 9.59 Å². The molecule has 0 aromatic carbocycles. The second kappa shape index (κ2) is 8.07. The molecule has 3 rings (SSSR count). The second-order valence-electron chi connectivity index (χ2n) is 6.33. The zero-order chi connectivity index (χ0) is 17.8. The first-order valence-electron chi connectivity index (χ1n) is 8.35. The molecule has 1 aliphatic rings. The van der Waals surface area contributed by atoms with Crippen LogP contribution in [0.15, 0.2) is 22.9 Å². The molecule has 3 heterocycles. The highest BCUT2D eigenvalue weighted by Crippen LogP contribution is 2.22. The van der Waals surface area contributed by atoms with Crippen LogP contribution in [0.5, 0.6) is 0 Å². The van der Waals surface area contributed by atoms with Crippen molar-refractivity contribution in [3.8, 4) is 0 Å². The highest BCUT2D eigenvalue weighted by Gasteiger charge is 2.25. The number of nitrogens with zero attached hydrogens (tertiary/aromatic N) is 2. The fourth-order valence-electron chi connectivity index (χ4n) is 2.95. The first-order chi connectivity index (χ1) is 12.0. The Hall–Kier alpha value is -1.77. The Bertz CT molecular complexity index is 719. The maximum absolute atomic E-state index is 12.4. The van der Waals surface area contributed by atoms with Crippen molar-refractivity contribution in [1.29, 1.82) is 0 Å². The minimum Gasteiger partial charge on any atom is -0.342 e. The van der Waals surface area contributed by atoms with Crippen molar-refractivity contribution in [3.63, 3.8) is 0 Å². The van der Waals surface area contributed by atoms with Crippen LogP contribution in [0.3, 0.4) is 0 Å². The summed E-state index contributed by atoms with van der Waals surface area (Å²) in [6.45, 7) is 3.55. The first kappa shape index (κ1) is 18.0. The third kappa shape index (κ3) is 4.65. The molecule has 0 radical (unpaired) electrons. The molecule has 3 N–H and O–H groups in total. The number of carbonyl (C=O) groups excluding carboxylic acids is 2. The van der Waals surface area contributed by atoms with Crippen molar-refractivity contribution in [1.82, 2.24) is 9.88 Å². The molecular formula is C17H22N4O2S2. The van der Waals surface area contributed by atoms with Gasteiger partial charge in [0, 0.05) is 24.5 Å². The van der Waals surface area contributed by atoms with E-state index < -0.39 is 0 Å². The van der Waals surface area contributed by atoms with Crippen LogP contribution in [0.25, 0.3) is 0 Å². The number of nitrogens with one attached hydrogen (secondary N) is 1. The summed E-state index contributed by atoms with van der Waals surface area (Å²) in [6, 6.07) is 3.79. The molecule has 0 aliphatic carbocycles. The van der Waals surface area contributed by atoms with E-state index in [2.05, 4.69) is 10.3 Å². The van der Waals surface area contributed by atoms with Crippen molar-refractivity contribution >= 4 is 39.6 Å². The monoisotopic (exact) mass is 378 g/mol. The molecule has 8 heteroatoms. The predicted octanol–water partition coefficient (Wildman–Crippen LogP) is 2.59. The third-order valence-corrected chi connectivity index (χ3v) is 6.16. The largest absolute Gasteiger partial charge is 0.342 e. The van der Waals surface area contributed by atoms with Crippen LogP contribution < -0.4 is 11.1 Å².